The normalized spacial score (nSPS) is 12.1. The summed E-state index contributed by atoms with van der Waals surface area (Å²) < 4.78 is 3.15. The molecular weight excluding hydrogens is 326 g/mol. The highest BCUT2D eigenvalue weighted by Gasteiger charge is 2.18. The summed E-state index contributed by atoms with van der Waals surface area (Å²) in [5, 5.41) is 0.970. The Kier molecular flexibility index (Phi) is 4.07. The van der Waals surface area contributed by atoms with Gasteiger partial charge < -0.3 is 4.57 Å². The second-order valence-corrected chi connectivity index (χ2v) is 7.13. The Morgan fingerprint density at radius 2 is 2.05 bits per heavy atom. The molecule has 0 N–H and O–H groups in total. The maximum atomic E-state index is 11.9. The van der Waals surface area contributed by atoms with Gasteiger partial charge in [-0.3, -0.25) is 4.79 Å². The number of alkyl halides is 1. The summed E-state index contributed by atoms with van der Waals surface area (Å²) in [6, 6.07) is 5.97. The molecule has 0 aliphatic rings. The van der Waals surface area contributed by atoms with E-state index in [1.54, 1.807) is 0 Å². The van der Waals surface area contributed by atoms with E-state index in [4.69, 9.17) is 11.6 Å². The van der Waals surface area contributed by atoms with E-state index in [-0.39, 0.29) is 17.1 Å². The lowest BCUT2D eigenvalue weighted by molar-refractivity contribution is 0.102. The number of nitrogens with zero attached hydrogens (tertiary/aromatic N) is 1. The average Bonchev–Trinajstić information content (AvgIpc) is 2.64. The Bertz CT molecular complexity index is 625. The highest BCUT2D eigenvalue weighted by molar-refractivity contribution is 9.10. The smallest absolute Gasteiger partial charge is 0.179 e. The average molecular weight is 343 g/mol. The Labute approximate surface area is 126 Å². The van der Waals surface area contributed by atoms with E-state index in [0.717, 1.165) is 21.9 Å². The summed E-state index contributed by atoms with van der Waals surface area (Å²) in [4.78, 5) is 11.9. The molecule has 0 unspecified atom stereocenters. The summed E-state index contributed by atoms with van der Waals surface area (Å²) in [5.74, 6) is -0.00770. The molecule has 1 aromatic heterocycles. The van der Waals surface area contributed by atoms with Gasteiger partial charge in [0.25, 0.3) is 0 Å². The lowest BCUT2D eigenvalue weighted by Gasteiger charge is -2.19. The SMILES string of the molecule is CC(C)(C)Cn1cc(C(=O)CCl)c2ccc(Br)cc21. The van der Waals surface area contributed by atoms with Crippen molar-refractivity contribution in [2.45, 2.75) is 27.3 Å². The van der Waals surface area contributed by atoms with Crippen LogP contribution in [0.2, 0.25) is 0 Å². The molecule has 0 amide bonds. The number of rotatable bonds is 3. The van der Waals surface area contributed by atoms with Crippen molar-refractivity contribution >= 4 is 44.2 Å². The Balaban J connectivity index is 2.63. The highest BCUT2D eigenvalue weighted by atomic mass is 79.9. The predicted octanol–water partition coefficient (Wildman–Crippen LogP) is 4.87. The van der Waals surface area contributed by atoms with E-state index in [2.05, 4.69) is 41.3 Å². The monoisotopic (exact) mass is 341 g/mol. The molecule has 1 aromatic carbocycles. The Morgan fingerprint density at radius 3 is 2.63 bits per heavy atom. The van der Waals surface area contributed by atoms with Crippen molar-refractivity contribution in [3.05, 3.63) is 34.4 Å². The van der Waals surface area contributed by atoms with Gasteiger partial charge in [-0.15, -0.1) is 11.6 Å². The van der Waals surface area contributed by atoms with Crippen molar-refractivity contribution in [3.63, 3.8) is 0 Å². The molecule has 2 rings (SSSR count). The maximum Gasteiger partial charge on any atom is 0.179 e. The molecule has 0 saturated heterocycles. The molecule has 0 radical (unpaired) electrons. The van der Waals surface area contributed by atoms with Gasteiger partial charge in [-0.25, -0.2) is 0 Å². The molecule has 2 aromatic rings. The fourth-order valence-electron chi connectivity index (χ4n) is 2.20. The quantitative estimate of drug-likeness (QED) is 0.576. The number of carbonyl (C=O) groups excluding carboxylic acids is 1. The number of halogens is 2. The van der Waals surface area contributed by atoms with E-state index >= 15 is 0 Å². The van der Waals surface area contributed by atoms with Gasteiger partial charge in [-0.2, -0.15) is 0 Å². The molecule has 0 atom stereocenters. The van der Waals surface area contributed by atoms with Gasteiger partial charge in [0.2, 0.25) is 0 Å². The largest absolute Gasteiger partial charge is 0.346 e. The van der Waals surface area contributed by atoms with Gasteiger partial charge in [0.1, 0.15) is 0 Å². The third-order valence-electron chi connectivity index (χ3n) is 2.91. The van der Waals surface area contributed by atoms with Crippen LogP contribution in [0.1, 0.15) is 31.1 Å². The van der Waals surface area contributed by atoms with Gasteiger partial charge in [-0.05, 0) is 17.5 Å². The Hall–Kier alpha value is -0.800. The lowest BCUT2D eigenvalue weighted by Crippen LogP contribution is -2.14. The van der Waals surface area contributed by atoms with E-state index in [1.165, 1.54) is 0 Å². The van der Waals surface area contributed by atoms with Crippen LogP contribution in [0.15, 0.2) is 28.9 Å². The minimum atomic E-state index is -0.0263. The molecule has 2 nitrogen and oxygen atoms in total. The second-order valence-electron chi connectivity index (χ2n) is 5.95. The zero-order chi connectivity index (χ0) is 14.2. The minimum absolute atomic E-state index is 0.0185. The number of ketones is 1. The van der Waals surface area contributed by atoms with Crippen LogP contribution < -0.4 is 0 Å². The van der Waals surface area contributed by atoms with Gasteiger partial charge in [0.15, 0.2) is 5.78 Å². The van der Waals surface area contributed by atoms with Crippen molar-refractivity contribution in [1.29, 1.82) is 0 Å². The summed E-state index contributed by atoms with van der Waals surface area (Å²) in [5.41, 5.74) is 1.93. The predicted molar refractivity (Wildman–Crippen MR) is 84.1 cm³/mol. The van der Waals surface area contributed by atoms with Gasteiger partial charge in [0, 0.05) is 33.7 Å². The standard InChI is InChI=1S/C15H17BrClNO/c1-15(2,3)9-18-8-12(14(19)7-17)11-5-4-10(16)6-13(11)18/h4-6,8H,7,9H2,1-3H3. The first-order valence-electron chi connectivity index (χ1n) is 6.19. The van der Waals surface area contributed by atoms with E-state index in [0.29, 0.717) is 5.56 Å². The third-order valence-corrected chi connectivity index (χ3v) is 3.65. The fourth-order valence-corrected chi connectivity index (χ4v) is 2.69. The molecule has 19 heavy (non-hydrogen) atoms. The number of aromatic nitrogens is 1. The van der Waals surface area contributed by atoms with Crippen LogP contribution in [-0.4, -0.2) is 16.2 Å². The van der Waals surface area contributed by atoms with Crippen LogP contribution >= 0.6 is 27.5 Å². The molecule has 102 valence electrons. The second kappa shape index (κ2) is 5.29. The number of Topliss-reactive ketones (excluding diaryl/α,β-unsaturated/α-hetero) is 1. The lowest BCUT2D eigenvalue weighted by atomic mass is 9.97. The molecule has 1 heterocycles. The third kappa shape index (κ3) is 3.21. The highest BCUT2D eigenvalue weighted by Crippen LogP contribution is 2.28. The topological polar surface area (TPSA) is 22.0 Å². The van der Waals surface area contributed by atoms with Crippen LogP contribution in [0.4, 0.5) is 0 Å². The zero-order valence-electron chi connectivity index (χ0n) is 11.3. The molecule has 0 bridgehead atoms. The van der Waals surface area contributed by atoms with Crippen LogP contribution in [0, 0.1) is 5.41 Å². The van der Waals surface area contributed by atoms with E-state index in [9.17, 15) is 4.79 Å². The Morgan fingerprint density at radius 1 is 1.37 bits per heavy atom. The molecule has 4 heteroatoms. The van der Waals surface area contributed by atoms with Crippen molar-refractivity contribution in [3.8, 4) is 0 Å². The van der Waals surface area contributed by atoms with Crippen LogP contribution in [0.25, 0.3) is 10.9 Å². The van der Waals surface area contributed by atoms with Crippen molar-refractivity contribution in [1.82, 2.24) is 4.57 Å². The van der Waals surface area contributed by atoms with Gasteiger partial charge in [-0.1, -0.05) is 42.8 Å². The van der Waals surface area contributed by atoms with Gasteiger partial charge >= 0.3 is 0 Å². The fraction of sp³-hybridized carbons (Fsp3) is 0.400. The number of hydrogen-bond acceptors (Lipinski definition) is 1. The van der Waals surface area contributed by atoms with E-state index in [1.807, 2.05) is 24.4 Å². The minimum Gasteiger partial charge on any atom is -0.346 e. The van der Waals surface area contributed by atoms with Crippen LogP contribution in [-0.2, 0) is 6.54 Å². The number of carbonyl (C=O) groups is 1. The van der Waals surface area contributed by atoms with Crippen LogP contribution in [0.5, 0.6) is 0 Å². The maximum absolute atomic E-state index is 11.9. The summed E-state index contributed by atoms with van der Waals surface area (Å²) in [6.07, 6.45) is 1.92. The van der Waals surface area contributed by atoms with Crippen LogP contribution in [0.3, 0.4) is 0 Å². The summed E-state index contributed by atoms with van der Waals surface area (Å²) in [7, 11) is 0. The summed E-state index contributed by atoms with van der Waals surface area (Å²) in [6.45, 7) is 7.40. The van der Waals surface area contributed by atoms with Gasteiger partial charge in [0.05, 0.1) is 5.88 Å². The first kappa shape index (κ1) is 14.6. The number of benzene rings is 1. The molecular formula is C15H17BrClNO. The number of hydrogen-bond donors (Lipinski definition) is 0. The molecule has 0 fully saturated rings. The van der Waals surface area contributed by atoms with Crippen molar-refractivity contribution in [2.75, 3.05) is 5.88 Å². The zero-order valence-corrected chi connectivity index (χ0v) is 13.7. The van der Waals surface area contributed by atoms with Crippen molar-refractivity contribution < 1.29 is 4.79 Å². The number of fused-ring (bicyclic) bond motifs is 1. The summed E-state index contributed by atoms with van der Waals surface area (Å²) >= 11 is 9.18. The molecule has 0 aliphatic heterocycles. The first-order valence-corrected chi connectivity index (χ1v) is 7.52. The molecule has 0 saturated carbocycles. The molecule has 0 spiro atoms. The first-order chi connectivity index (χ1) is 8.81. The van der Waals surface area contributed by atoms with E-state index < -0.39 is 0 Å². The molecule has 0 aliphatic carbocycles. The van der Waals surface area contributed by atoms with Crippen molar-refractivity contribution in [2.24, 2.45) is 5.41 Å².